The van der Waals surface area contributed by atoms with Crippen molar-refractivity contribution in [3.05, 3.63) is 17.6 Å². The van der Waals surface area contributed by atoms with Gasteiger partial charge in [-0.2, -0.15) is 4.91 Å². The van der Waals surface area contributed by atoms with Gasteiger partial charge in [-0.3, -0.25) is 0 Å². The summed E-state index contributed by atoms with van der Waals surface area (Å²) in [4.78, 5) is 20.1. The van der Waals surface area contributed by atoms with Gasteiger partial charge in [-0.05, 0) is 0 Å². The summed E-state index contributed by atoms with van der Waals surface area (Å²) in [6.07, 6.45) is 0.103. The third-order valence-electron chi connectivity index (χ3n) is 0.931. The lowest BCUT2D eigenvalue weighted by Crippen LogP contribution is -2.23. The van der Waals surface area contributed by atoms with E-state index in [0.717, 1.165) is 6.08 Å². The molecule has 0 heterocycles. The molecule has 5 heteroatoms. The topological polar surface area (TPSA) is 76.0 Å². The second-order valence-electron chi connectivity index (χ2n) is 1.76. The van der Waals surface area contributed by atoms with Crippen LogP contribution in [0.25, 0.3) is 0 Å². The van der Waals surface area contributed by atoms with Gasteiger partial charge >= 0.3 is 5.97 Å². The number of carbonyl (C=O) groups excluding carboxylic acids is 1. The molecule has 0 fully saturated rings. The maximum atomic E-state index is 10.5. The van der Waals surface area contributed by atoms with Gasteiger partial charge in [0.1, 0.15) is 12.6 Å². The van der Waals surface area contributed by atoms with Crippen LogP contribution in [0.3, 0.4) is 0 Å². The monoisotopic (exact) mass is 159 g/mol. The molecular weight excluding hydrogens is 150 g/mol. The molecule has 11 heavy (non-hydrogen) atoms. The largest absolute Gasteiger partial charge is 0.455 e. The fourth-order valence-electron chi connectivity index (χ4n) is 0.428. The fraction of sp³-hybridized carbons (Fsp3) is 0.500. The number of esters is 1. The van der Waals surface area contributed by atoms with Crippen LogP contribution in [-0.2, 0) is 9.53 Å². The molecule has 0 aliphatic rings. The minimum atomic E-state index is -0.849. The molecule has 0 saturated carbocycles. The number of ether oxygens (including phenoxy) is 1. The number of nitroso groups, excluding NO2 is 1. The first-order valence-electron chi connectivity index (χ1n) is 2.97. The summed E-state index contributed by atoms with van der Waals surface area (Å²) in [6.45, 7) is 2.49. The quantitative estimate of drug-likeness (QED) is 0.343. The predicted octanol–water partition coefficient (Wildman–Crippen LogP) is -0.157. The Kier molecular flexibility index (Phi) is 4.93. The maximum absolute atomic E-state index is 10.5. The third-order valence-corrected chi connectivity index (χ3v) is 0.931. The van der Waals surface area contributed by atoms with Crippen molar-refractivity contribution < 1.29 is 14.6 Å². The van der Waals surface area contributed by atoms with Crippen LogP contribution in [0.5, 0.6) is 0 Å². The molecule has 0 aliphatic carbocycles. The van der Waals surface area contributed by atoms with Crippen LogP contribution >= 0.6 is 0 Å². The Hall–Kier alpha value is -1.23. The van der Waals surface area contributed by atoms with Gasteiger partial charge in [0, 0.05) is 6.08 Å². The summed E-state index contributed by atoms with van der Waals surface area (Å²) >= 11 is 0. The standard InChI is InChI=1S/C6H9NO4/c1-2-6(9)11-5(4-8)3-7-10/h2,5,8H,1,3-4H2. The van der Waals surface area contributed by atoms with Gasteiger partial charge < -0.3 is 9.84 Å². The van der Waals surface area contributed by atoms with Crippen LogP contribution in [0.15, 0.2) is 17.8 Å². The smallest absolute Gasteiger partial charge is 0.330 e. The Morgan fingerprint density at radius 2 is 2.45 bits per heavy atom. The Balaban J connectivity index is 3.75. The normalized spacial score (nSPS) is 11.7. The van der Waals surface area contributed by atoms with E-state index in [2.05, 4.69) is 16.5 Å². The van der Waals surface area contributed by atoms with Crippen molar-refractivity contribution in [1.82, 2.24) is 0 Å². The van der Waals surface area contributed by atoms with Gasteiger partial charge in [0.25, 0.3) is 0 Å². The zero-order chi connectivity index (χ0) is 8.69. The van der Waals surface area contributed by atoms with Crippen LogP contribution in [0.2, 0.25) is 0 Å². The van der Waals surface area contributed by atoms with Gasteiger partial charge in [0.15, 0.2) is 0 Å². The highest BCUT2D eigenvalue weighted by molar-refractivity contribution is 5.81. The molecule has 0 aromatic carbocycles. The van der Waals surface area contributed by atoms with Gasteiger partial charge in [-0.25, -0.2) is 4.79 Å². The predicted molar refractivity (Wildman–Crippen MR) is 37.8 cm³/mol. The molecule has 0 radical (unpaired) electrons. The van der Waals surface area contributed by atoms with Crippen molar-refractivity contribution in [1.29, 1.82) is 0 Å². The lowest BCUT2D eigenvalue weighted by molar-refractivity contribution is -0.144. The first-order valence-corrected chi connectivity index (χ1v) is 2.97. The van der Waals surface area contributed by atoms with Crippen molar-refractivity contribution >= 4 is 5.97 Å². The van der Waals surface area contributed by atoms with E-state index in [1.807, 2.05) is 0 Å². The van der Waals surface area contributed by atoms with E-state index in [1.165, 1.54) is 0 Å². The molecule has 62 valence electrons. The molecule has 0 aliphatic heterocycles. The van der Waals surface area contributed by atoms with Gasteiger partial charge in [0.2, 0.25) is 0 Å². The number of hydrogen-bond donors (Lipinski definition) is 1. The lowest BCUT2D eigenvalue weighted by Gasteiger charge is -2.09. The first kappa shape index (κ1) is 9.77. The number of aliphatic hydroxyl groups is 1. The average Bonchev–Trinajstić information content (AvgIpc) is 2.03. The van der Waals surface area contributed by atoms with E-state index in [1.54, 1.807) is 0 Å². The third kappa shape index (κ3) is 4.21. The second kappa shape index (κ2) is 5.55. The Labute approximate surface area is 63.6 Å². The Morgan fingerprint density at radius 1 is 1.82 bits per heavy atom. The van der Waals surface area contributed by atoms with Crippen LogP contribution in [0.1, 0.15) is 0 Å². The van der Waals surface area contributed by atoms with Gasteiger partial charge in [-0.15, -0.1) is 0 Å². The molecule has 1 atom stereocenters. The summed E-state index contributed by atoms with van der Waals surface area (Å²) in [5, 5.41) is 11.0. The number of aliphatic hydroxyl groups excluding tert-OH is 1. The highest BCUT2D eigenvalue weighted by atomic mass is 16.6. The molecule has 0 amide bonds. The lowest BCUT2D eigenvalue weighted by atomic mass is 10.4. The van der Waals surface area contributed by atoms with Crippen LogP contribution in [0.4, 0.5) is 0 Å². The molecule has 0 spiro atoms. The number of carbonyl (C=O) groups is 1. The van der Waals surface area contributed by atoms with Crippen molar-refractivity contribution in [2.45, 2.75) is 6.10 Å². The number of hydrogen-bond acceptors (Lipinski definition) is 5. The van der Waals surface area contributed by atoms with E-state index < -0.39 is 18.7 Å². The highest BCUT2D eigenvalue weighted by Crippen LogP contribution is 1.92. The zero-order valence-electron chi connectivity index (χ0n) is 5.90. The number of rotatable bonds is 5. The van der Waals surface area contributed by atoms with E-state index in [9.17, 15) is 9.70 Å². The molecule has 1 unspecified atom stereocenters. The van der Waals surface area contributed by atoms with Crippen molar-refractivity contribution in [3.8, 4) is 0 Å². The summed E-state index contributed by atoms with van der Waals surface area (Å²) in [7, 11) is 0. The molecule has 1 N–H and O–H groups in total. The molecule has 0 aromatic heterocycles. The first-order chi connectivity index (χ1) is 5.24. The highest BCUT2D eigenvalue weighted by Gasteiger charge is 2.10. The van der Waals surface area contributed by atoms with E-state index in [4.69, 9.17) is 5.11 Å². The summed E-state index contributed by atoms with van der Waals surface area (Å²) in [6, 6.07) is 0. The molecule has 0 rings (SSSR count). The molecule has 5 nitrogen and oxygen atoms in total. The summed E-state index contributed by atoms with van der Waals surface area (Å²) < 4.78 is 4.49. The average molecular weight is 159 g/mol. The van der Waals surface area contributed by atoms with Crippen molar-refractivity contribution in [2.24, 2.45) is 5.18 Å². The SMILES string of the molecule is C=CC(=O)OC(CO)CN=O. The minimum absolute atomic E-state index is 0.240. The summed E-state index contributed by atoms with van der Waals surface area (Å²) in [5.74, 6) is -0.673. The van der Waals surface area contributed by atoms with Gasteiger partial charge in [0.05, 0.1) is 6.61 Å². The van der Waals surface area contributed by atoms with Gasteiger partial charge in [-0.1, -0.05) is 11.8 Å². The second-order valence-corrected chi connectivity index (χ2v) is 1.76. The maximum Gasteiger partial charge on any atom is 0.330 e. The fourth-order valence-corrected chi connectivity index (χ4v) is 0.428. The number of nitrogens with zero attached hydrogens (tertiary/aromatic N) is 1. The summed E-state index contributed by atoms with van der Waals surface area (Å²) in [5.41, 5.74) is 0. The minimum Gasteiger partial charge on any atom is -0.455 e. The van der Waals surface area contributed by atoms with Crippen LogP contribution in [0, 0.1) is 4.91 Å². The van der Waals surface area contributed by atoms with Crippen molar-refractivity contribution in [2.75, 3.05) is 13.2 Å². The molecular formula is C6H9NO4. The van der Waals surface area contributed by atoms with E-state index in [0.29, 0.717) is 0 Å². The van der Waals surface area contributed by atoms with Crippen LogP contribution in [-0.4, -0.2) is 30.3 Å². The van der Waals surface area contributed by atoms with E-state index >= 15 is 0 Å². The molecule has 0 bridgehead atoms. The molecule has 0 aromatic rings. The van der Waals surface area contributed by atoms with Crippen molar-refractivity contribution in [3.63, 3.8) is 0 Å². The molecule has 0 saturated heterocycles. The Morgan fingerprint density at radius 3 is 2.82 bits per heavy atom. The zero-order valence-corrected chi connectivity index (χ0v) is 5.90. The van der Waals surface area contributed by atoms with E-state index in [-0.39, 0.29) is 6.54 Å². The van der Waals surface area contributed by atoms with Crippen LogP contribution < -0.4 is 0 Å². The Bertz CT molecular complexity index is 157.